The van der Waals surface area contributed by atoms with Gasteiger partial charge in [0, 0.05) is 0 Å². The number of rotatable bonds is 2. The Morgan fingerprint density at radius 3 is 2.40 bits per heavy atom. The van der Waals surface area contributed by atoms with Gasteiger partial charge in [0.15, 0.2) is 5.98 Å². The first-order valence-corrected chi connectivity index (χ1v) is 6.29. The van der Waals surface area contributed by atoms with Crippen LogP contribution >= 0.6 is 0 Å². The van der Waals surface area contributed by atoms with E-state index in [1.165, 1.54) is 4.90 Å². The molecule has 2 aliphatic rings. The lowest BCUT2D eigenvalue weighted by atomic mass is 9.80. The van der Waals surface area contributed by atoms with E-state index in [1.54, 1.807) is 19.2 Å². The number of benzene rings is 1. The molecule has 1 aromatic rings. The van der Waals surface area contributed by atoms with E-state index in [0.29, 0.717) is 0 Å². The zero-order valence-electron chi connectivity index (χ0n) is 11.9. The third-order valence-corrected chi connectivity index (χ3v) is 3.06. The fourth-order valence-corrected chi connectivity index (χ4v) is 2.09. The second kappa shape index (κ2) is 5.26. The zero-order valence-corrected chi connectivity index (χ0v) is 10.9. The second-order valence-corrected chi connectivity index (χ2v) is 4.79. The van der Waals surface area contributed by atoms with Crippen LogP contribution < -0.4 is 0 Å². The number of nitrogens with zero attached hydrogens (tertiary/aromatic N) is 1. The maximum atomic E-state index is 11.7. The predicted molar refractivity (Wildman–Crippen MR) is 69.5 cm³/mol. The van der Waals surface area contributed by atoms with Gasteiger partial charge in [0.25, 0.3) is 0 Å². The van der Waals surface area contributed by atoms with Crippen molar-refractivity contribution in [2.75, 3.05) is 20.1 Å². The molecule has 7 heteroatoms. The van der Waals surface area contributed by atoms with Crippen molar-refractivity contribution >= 4 is 19.1 Å². The van der Waals surface area contributed by atoms with Gasteiger partial charge in [0.05, 0.1) is 14.5 Å². The highest BCUT2D eigenvalue weighted by atomic mass is 16.7. The molecule has 0 saturated carbocycles. The zero-order chi connectivity index (χ0) is 15.0. The average molecular weight is 276 g/mol. The third kappa shape index (κ3) is 2.83. The van der Waals surface area contributed by atoms with Crippen LogP contribution in [0.15, 0.2) is 30.3 Å². The lowest BCUT2D eigenvalue weighted by Crippen LogP contribution is -2.45. The van der Waals surface area contributed by atoms with Crippen molar-refractivity contribution in [3.63, 3.8) is 0 Å². The minimum atomic E-state index is -1.58. The molecule has 2 aliphatic heterocycles. The molecule has 2 atom stereocenters. The first kappa shape index (κ1) is 11.9. The maximum Gasteiger partial charge on any atom is 0.632 e. The van der Waals surface area contributed by atoms with Crippen LogP contribution in [0.25, 0.3) is 0 Å². The quantitative estimate of drug-likeness (QED) is 0.567. The Kier molecular flexibility index (Phi) is 3.14. The van der Waals surface area contributed by atoms with E-state index in [-0.39, 0.29) is 13.1 Å². The number of carbonyl (C=O) groups is 2. The topological polar surface area (TPSA) is 68.4 Å². The molecule has 104 valence electrons. The Morgan fingerprint density at radius 2 is 1.80 bits per heavy atom. The monoisotopic (exact) mass is 276 g/mol. The van der Waals surface area contributed by atoms with Crippen LogP contribution in [0.1, 0.15) is 13.0 Å². The number of likely N-dealkylation sites (N-methyl/N-ethyl adjacent to an activating group) is 1. The van der Waals surface area contributed by atoms with Gasteiger partial charge in [-0.05, 0) is 12.6 Å². The van der Waals surface area contributed by atoms with Crippen molar-refractivity contribution in [1.82, 2.24) is 4.90 Å². The van der Waals surface area contributed by atoms with Gasteiger partial charge in [-0.2, -0.15) is 0 Å². The Morgan fingerprint density at radius 1 is 1.20 bits per heavy atom. The number of hydrogen-bond acceptors (Lipinski definition) is 6. The summed E-state index contributed by atoms with van der Waals surface area (Å²) in [7, 11) is 0.260. The number of hydrogen-bond donors (Lipinski definition) is 0. The molecule has 2 fully saturated rings. The van der Waals surface area contributed by atoms with Crippen molar-refractivity contribution in [3.8, 4) is 0 Å². The Balaban J connectivity index is 1.76. The smallest absolute Gasteiger partial charge is 0.496 e. The molecule has 0 bridgehead atoms. The highest BCUT2D eigenvalue weighted by Crippen LogP contribution is 2.40. The molecule has 6 nitrogen and oxygen atoms in total. The highest BCUT2D eigenvalue weighted by molar-refractivity contribution is 6.51. The van der Waals surface area contributed by atoms with Crippen molar-refractivity contribution in [3.05, 3.63) is 35.9 Å². The minimum absolute atomic E-state index is 0.0301. The van der Waals surface area contributed by atoms with Gasteiger partial charge in [-0.15, -0.1) is 0 Å². The fraction of sp³-hybridized carbons (Fsp3) is 0.385. The molecule has 0 unspecified atom stereocenters. The SMILES string of the molecule is [2H][C@]1(B2OC(=O)CN(C)CC(=O)O2)O[C@@H]1c1ccccc1. The van der Waals surface area contributed by atoms with E-state index in [4.69, 9.17) is 15.4 Å². The van der Waals surface area contributed by atoms with E-state index < -0.39 is 31.1 Å². The number of carbonyl (C=O) groups excluding carboxylic acids is 2. The Hall–Kier alpha value is -1.86. The summed E-state index contributed by atoms with van der Waals surface area (Å²) in [6, 6.07) is 9.11. The standard InChI is InChI=1S/C13H14BNO5/c1-15-7-10(16)19-14(20-11(17)8-15)13-12(18-13)9-5-3-2-4-6-9/h2-6,12-13H,7-8H2,1H3/t12-,13+/m1/s1/i13D. The van der Waals surface area contributed by atoms with E-state index in [2.05, 4.69) is 0 Å². The molecule has 2 saturated heterocycles. The van der Waals surface area contributed by atoms with Gasteiger partial charge in [-0.25, -0.2) is 0 Å². The van der Waals surface area contributed by atoms with E-state index in [1.807, 2.05) is 18.2 Å². The number of ether oxygens (including phenoxy) is 1. The minimum Gasteiger partial charge on any atom is -0.496 e. The summed E-state index contributed by atoms with van der Waals surface area (Å²) in [5.41, 5.74) is 0.777. The summed E-state index contributed by atoms with van der Waals surface area (Å²) in [5.74, 6) is -2.68. The Labute approximate surface area is 118 Å². The normalized spacial score (nSPS) is 31.8. The first-order valence-electron chi connectivity index (χ1n) is 6.79. The Bertz CT molecular complexity index is 551. The lowest BCUT2D eigenvalue weighted by molar-refractivity contribution is -0.145. The van der Waals surface area contributed by atoms with Crippen LogP contribution in [0, 0.1) is 0 Å². The van der Waals surface area contributed by atoms with E-state index >= 15 is 0 Å². The fourth-order valence-electron chi connectivity index (χ4n) is 2.09. The van der Waals surface area contributed by atoms with Gasteiger partial charge in [0.2, 0.25) is 0 Å². The lowest BCUT2D eigenvalue weighted by Gasteiger charge is -2.21. The highest BCUT2D eigenvalue weighted by Gasteiger charge is 2.56. The maximum absolute atomic E-state index is 11.7. The van der Waals surface area contributed by atoms with E-state index in [0.717, 1.165) is 5.56 Å². The predicted octanol–water partition coefficient (Wildman–Crippen LogP) is 0.186. The van der Waals surface area contributed by atoms with Gasteiger partial charge in [-0.1, -0.05) is 30.3 Å². The van der Waals surface area contributed by atoms with Gasteiger partial charge >= 0.3 is 19.1 Å². The van der Waals surface area contributed by atoms with E-state index in [9.17, 15) is 9.59 Å². The van der Waals surface area contributed by atoms with Crippen molar-refractivity contribution in [2.24, 2.45) is 0 Å². The molecule has 0 radical (unpaired) electrons. The van der Waals surface area contributed by atoms with Crippen molar-refractivity contribution in [1.29, 1.82) is 0 Å². The van der Waals surface area contributed by atoms with Crippen LogP contribution in [-0.2, 0) is 23.6 Å². The van der Waals surface area contributed by atoms with Gasteiger partial charge < -0.3 is 14.0 Å². The molecule has 0 aromatic heterocycles. The van der Waals surface area contributed by atoms with Crippen LogP contribution in [0.5, 0.6) is 0 Å². The summed E-state index contributed by atoms with van der Waals surface area (Å²) < 4.78 is 23.7. The molecule has 1 aromatic carbocycles. The van der Waals surface area contributed by atoms with Gasteiger partial charge in [-0.3, -0.25) is 14.5 Å². The second-order valence-electron chi connectivity index (χ2n) is 4.79. The third-order valence-electron chi connectivity index (χ3n) is 3.06. The molecule has 0 aliphatic carbocycles. The molecule has 0 amide bonds. The summed E-state index contributed by atoms with van der Waals surface area (Å²) >= 11 is 0. The van der Waals surface area contributed by atoms with Crippen molar-refractivity contribution < 1.29 is 25.0 Å². The molecule has 0 N–H and O–H groups in total. The first-order chi connectivity index (χ1) is 9.99. The molecule has 2 heterocycles. The summed E-state index contributed by atoms with van der Waals surface area (Å²) in [6.45, 7) is -0.0602. The molecule has 3 rings (SSSR count). The van der Waals surface area contributed by atoms with Crippen molar-refractivity contribution in [2.45, 2.75) is 12.1 Å². The molecular formula is C13H14BNO5. The van der Waals surface area contributed by atoms with Crippen LogP contribution in [0.3, 0.4) is 0 Å². The summed E-state index contributed by atoms with van der Waals surface area (Å²) in [4.78, 5) is 24.9. The van der Waals surface area contributed by atoms with Crippen LogP contribution in [-0.4, -0.2) is 50.1 Å². The van der Waals surface area contributed by atoms with Gasteiger partial charge in [0.1, 0.15) is 6.10 Å². The molecule has 20 heavy (non-hydrogen) atoms. The molecule has 0 spiro atoms. The summed E-state index contributed by atoms with van der Waals surface area (Å²) in [5, 5.41) is 0. The van der Waals surface area contributed by atoms with Crippen LogP contribution in [0.4, 0.5) is 0 Å². The average Bonchev–Trinajstić information content (AvgIpc) is 3.11. The summed E-state index contributed by atoms with van der Waals surface area (Å²) in [6.07, 6.45) is -0.582. The largest absolute Gasteiger partial charge is 0.632 e. The molecular weight excluding hydrogens is 261 g/mol. The van der Waals surface area contributed by atoms with Crippen LogP contribution in [0.2, 0.25) is 0 Å². The number of epoxide rings is 1.